The summed E-state index contributed by atoms with van der Waals surface area (Å²) in [7, 11) is -3.51. The van der Waals surface area contributed by atoms with Crippen molar-refractivity contribution in [2.45, 2.75) is 17.4 Å². The predicted molar refractivity (Wildman–Crippen MR) is 79.4 cm³/mol. The lowest BCUT2D eigenvalue weighted by Crippen LogP contribution is -2.37. The molecule has 0 aliphatic carbocycles. The van der Waals surface area contributed by atoms with Crippen LogP contribution in [0.2, 0.25) is 0 Å². The maximum atomic E-state index is 12.2. The van der Waals surface area contributed by atoms with Gasteiger partial charge in [0, 0.05) is 37.7 Å². The zero-order valence-electron chi connectivity index (χ0n) is 11.4. The molecule has 1 N–H and O–H groups in total. The standard InChI is InChI=1S/C14H16N4O2S/c19-21(20,13-4-3-7-15-10-13)17-12-6-9-18(11-12)14-5-1-2-8-16-14/h1-5,7-8,10,12,17H,6,9,11H2. The predicted octanol–water partition coefficient (Wildman–Crippen LogP) is 1.03. The Morgan fingerprint density at radius 1 is 1.19 bits per heavy atom. The molecule has 0 amide bonds. The fourth-order valence-electron chi connectivity index (χ4n) is 2.40. The van der Waals surface area contributed by atoms with Gasteiger partial charge in [-0.15, -0.1) is 0 Å². The Hall–Kier alpha value is -1.99. The van der Waals surface area contributed by atoms with Crippen LogP contribution in [0.1, 0.15) is 6.42 Å². The highest BCUT2D eigenvalue weighted by Gasteiger charge is 2.27. The van der Waals surface area contributed by atoms with Gasteiger partial charge in [0.25, 0.3) is 0 Å². The van der Waals surface area contributed by atoms with Crippen molar-refractivity contribution in [1.29, 1.82) is 0 Å². The number of hydrogen-bond donors (Lipinski definition) is 1. The van der Waals surface area contributed by atoms with Crippen LogP contribution in [0.4, 0.5) is 5.82 Å². The molecule has 0 bridgehead atoms. The Morgan fingerprint density at radius 3 is 2.81 bits per heavy atom. The third kappa shape index (κ3) is 3.20. The van der Waals surface area contributed by atoms with Gasteiger partial charge in [0.15, 0.2) is 0 Å². The van der Waals surface area contributed by atoms with E-state index in [0.717, 1.165) is 18.8 Å². The Labute approximate surface area is 123 Å². The second-order valence-electron chi connectivity index (χ2n) is 4.93. The quantitative estimate of drug-likeness (QED) is 0.913. The van der Waals surface area contributed by atoms with Crippen LogP contribution in [0.15, 0.2) is 53.8 Å². The highest BCUT2D eigenvalue weighted by atomic mass is 32.2. The van der Waals surface area contributed by atoms with E-state index < -0.39 is 10.0 Å². The summed E-state index contributed by atoms with van der Waals surface area (Å²) in [6.45, 7) is 1.41. The highest BCUT2D eigenvalue weighted by Crippen LogP contribution is 2.18. The monoisotopic (exact) mass is 304 g/mol. The first-order valence-corrected chi connectivity index (χ1v) is 8.22. The van der Waals surface area contributed by atoms with Gasteiger partial charge in [-0.05, 0) is 30.7 Å². The summed E-state index contributed by atoms with van der Waals surface area (Å²) in [5, 5.41) is 0. The second-order valence-corrected chi connectivity index (χ2v) is 6.64. The molecule has 1 atom stereocenters. The molecule has 1 aliphatic rings. The van der Waals surface area contributed by atoms with Crippen LogP contribution in [-0.4, -0.2) is 37.5 Å². The third-order valence-corrected chi connectivity index (χ3v) is 4.93. The van der Waals surface area contributed by atoms with Crippen LogP contribution in [0.25, 0.3) is 0 Å². The topological polar surface area (TPSA) is 75.2 Å². The second kappa shape index (κ2) is 5.79. The van der Waals surface area contributed by atoms with Crippen molar-refractivity contribution in [3.05, 3.63) is 48.9 Å². The summed E-state index contributed by atoms with van der Waals surface area (Å²) in [6, 6.07) is 8.76. The molecule has 21 heavy (non-hydrogen) atoms. The Balaban J connectivity index is 1.68. The summed E-state index contributed by atoms with van der Waals surface area (Å²) in [6.07, 6.45) is 5.41. The first kappa shape index (κ1) is 14.0. The van der Waals surface area contributed by atoms with E-state index in [2.05, 4.69) is 19.6 Å². The van der Waals surface area contributed by atoms with E-state index >= 15 is 0 Å². The van der Waals surface area contributed by atoms with Crippen molar-refractivity contribution in [1.82, 2.24) is 14.7 Å². The van der Waals surface area contributed by atoms with Crippen molar-refractivity contribution < 1.29 is 8.42 Å². The molecule has 3 heterocycles. The number of rotatable bonds is 4. The Bertz CT molecular complexity index is 691. The van der Waals surface area contributed by atoms with Gasteiger partial charge in [-0.3, -0.25) is 4.98 Å². The van der Waals surface area contributed by atoms with Crippen LogP contribution in [-0.2, 0) is 10.0 Å². The van der Waals surface area contributed by atoms with Crippen molar-refractivity contribution in [3.63, 3.8) is 0 Å². The third-order valence-electron chi connectivity index (χ3n) is 3.43. The zero-order valence-corrected chi connectivity index (χ0v) is 12.2. The first-order chi connectivity index (χ1) is 10.1. The fraction of sp³-hybridized carbons (Fsp3) is 0.286. The van der Waals surface area contributed by atoms with Crippen LogP contribution in [0.5, 0.6) is 0 Å². The SMILES string of the molecule is O=S(=O)(NC1CCN(c2ccccn2)C1)c1cccnc1. The maximum absolute atomic E-state index is 12.2. The van der Waals surface area contributed by atoms with Crippen LogP contribution in [0, 0.1) is 0 Å². The smallest absolute Gasteiger partial charge is 0.242 e. The van der Waals surface area contributed by atoms with Crippen LogP contribution < -0.4 is 9.62 Å². The van der Waals surface area contributed by atoms with Gasteiger partial charge in [0.05, 0.1) is 0 Å². The molecule has 0 spiro atoms. The van der Waals surface area contributed by atoms with E-state index in [9.17, 15) is 8.42 Å². The molecular weight excluding hydrogens is 288 g/mol. The summed E-state index contributed by atoms with van der Waals surface area (Å²) >= 11 is 0. The average molecular weight is 304 g/mol. The van der Waals surface area contributed by atoms with Gasteiger partial charge in [-0.2, -0.15) is 0 Å². The summed E-state index contributed by atoms with van der Waals surface area (Å²) < 4.78 is 27.2. The molecule has 7 heteroatoms. The largest absolute Gasteiger partial charge is 0.355 e. The number of sulfonamides is 1. The maximum Gasteiger partial charge on any atom is 0.242 e. The average Bonchev–Trinajstić information content (AvgIpc) is 2.97. The fourth-order valence-corrected chi connectivity index (χ4v) is 3.62. The molecule has 6 nitrogen and oxygen atoms in total. The molecule has 0 aromatic carbocycles. The zero-order chi connectivity index (χ0) is 14.7. The number of nitrogens with zero attached hydrogens (tertiary/aromatic N) is 3. The highest BCUT2D eigenvalue weighted by molar-refractivity contribution is 7.89. The van der Waals surface area contributed by atoms with Crippen molar-refractivity contribution in [3.8, 4) is 0 Å². The molecule has 1 fully saturated rings. The lowest BCUT2D eigenvalue weighted by molar-refractivity contribution is 0.561. The van der Waals surface area contributed by atoms with Gasteiger partial charge < -0.3 is 4.90 Å². The number of pyridine rings is 2. The van der Waals surface area contributed by atoms with Crippen molar-refractivity contribution >= 4 is 15.8 Å². The van der Waals surface area contributed by atoms with Gasteiger partial charge in [0.2, 0.25) is 10.0 Å². The lowest BCUT2D eigenvalue weighted by Gasteiger charge is -2.17. The molecule has 2 aromatic heterocycles. The number of anilines is 1. The first-order valence-electron chi connectivity index (χ1n) is 6.73. The minimum absolute atomic E-state index is 0.114. The molecule has 110 valence electrons. The van der Waals surface area contributed by atoms with Crippen molar-refractivity contribution in [2.24, 2.45) is 0 Å². The number of nitrogens with one attached hydrogen (secondary N) is 1. The van der Waals surface area contributed by atoms with E-state index in [0.29, 0.717) is 6.54 Å². The minimum Gasteiger partial charge on any atom is -0.355 e. The normalized spacial score (nSPS) is 18.9. The molecule has 1 unspecified atom stereocenters. The van der Waals surface area contributed by atoms with Crippen LogP contribution in [0.3, 0.4) is 0 Å². The molecule has 1 saturated heterocycles. The summed E-state index contributed by atoms with van der Waals surface area (Å²) in [4.78, 5) is 10.4. The molecule has 3 rings (SSSR count). The van der Waals surface area contributed by atoms with Crippen LogP contribution >= 0.6 is 0 Å². The molecule has 2 aromatic rings. The molecular formula is C14H16N4O2S. The molecule has 0 saturated carbocycles. The van der Waals surface area contributed by atoms with E-state index in [-0.39, 0.29) is 10.9 Å². The lowest BCUT2D eigenvalue weighted by atomic mass is 10.3. The van der Waals surface area contributed by atoms with E-state index in [1.54, 1.807) is 24.5 Å². The Kier molecular flexibility index (Phi) is 3.85. The van der Waals surface area contributed by atoms with Gasteiger partial charge in [0.1, 0.15) is 10.7 Å². The minimum atomic E-state index is -3.51. The number of aromatic nitrogens is 2. The van der Waals surface area contributed by atoms with Gasteiger partial charge in [-0.25, -0.2) is 18.1 Å². The van der Waals surface area contributed by atoms with E-state index in [4.69, 9.17) is 0 Å². The number of hydrogen-bond acceptors (Lipinski definition) is 5. The molecule has 1 aliphatic heterocycles. The van der Waals surface area contributed by atoms with Crippen molar-refractivity contribution in [2.75, 3.05) is 18.0 Å². The van der Waals surface area contributed by atoms with E-state index in [1.165, 1.54) is 6.20 Å². The Morgan fingerprint density at radius 2 is 2.10 bits per heavy atom. The molecule has 0 radical (unpaired) electrons. The van der Waals surface area contributed by atoms with E-state index in [1.807, 2.05) is 18.2 Å². The summed E-state index contributed by atoms with van der Waals surface area (Å²) in [5.41, 5.74) is 0. The van der Waals surface area contributed by atoms with Gasteiger partial charge >= 0.3 is 0 Å². The summed E-state index contributed by atoms with van der Waals surface area (Å²) in [5.74, 6) is 0.876. The van der Waals surface area contributed by atoms with Gasteiger partial charge in [-0.1, -0.05) is 6.07 Å².